The molecule has 30 heavy (non-hydrogen) atoms. The van der Waals surface area contributed by atoms with Gasteiger partial charge in [-0.1, -0.05) is 24.3 Å². The van der Waals surface area contributed by atoms with Gasteiger partial charge in [-0.05, 0) is 56.3 Å². The van der Waals surface area contributed by atoms with Crippen molar-refractivity contribution in [2.45, 2.75) is 25.3 Å². The van der Waals surface area contributed by atoms with Crippen molar-refractivity contribution in [2.75, 3.05) is 24.5 Å². The summed E-state index contributed by atoms with van der Waals surface area (Å²) < 4.78 is 0. The number of carbonyl (C=O) groups is 2. The van der Waals surface area contributed by atoms with Gasteiger partial charge < -0.3 is 19.9 Å². The van der Waals surface area contributed by atoms with E-state index in [1.54, 1.807) is 6.20 Å². The first-order chi connectivity index (χ1) is 14.7. The molecule has 1 atom stereocenters. The summed E-state index contributed by atoms with van der Waals surface area (Å²) in [5.74, 6) is -0.0738. The van der Waals surface area contributed by atoms with E-state index in [9.17, 15) is 9.59 Å². The minimum atomic E-state index is -0.601. The molecule has 6 heteroatoms. The van der Waals surface area contributed by atoms with Gasteiger partial charge in [0.05, 0.1) is 5.69 Å². The van der Waals surface area contributed by atoms with Gasteiger partial charge in [-0.3, -0.25) is 9.78 Å². The summed E-state index contributed by atoms with van der Waals surface area (Å²) in [6.07, 6.45) is 9.18. The average Bonchev–Trinajstić information content (AvgIpc) is 3.32. The fourth-order valence-electron chi connectivity index (χ4n) is 3.92. The van der Waals surface area contributed by atoms with Crippen molar-refractivity contribution >= 4 is 23.5 Å². The maximum absolute atomic E-state index is 12.7. The Morgan fingerprint density at radius 3 is 2.57 bits per heavy atom. The second-order valence-electron chi connectivity index (χ2n) is 7.57. The lowest BCUT2D eigenvalue weighted by atomic mass is 10.0. The number of aldehydes is 1. The van der Waals surface area contributed by atoms with Crippen molar-refractivity contribution in [1.29, 1.82) is 0 Å². The van der Waals surface area contributed by atoms with Gasteiger partial charge in [0.25, 0.3) is 0 Å². The third-order valence-corrected chi connectivity index (χ3v) is 5.49. The molecule has 3 heterocycles. The average molecular weight is 402 g/mol. The molecule has 0 bridgehead atoms. The number of anilines is 1. The van der Waals surface area contributed by atoms with Crippen molar-refractivity contribution in [3.63, 3.8) is 0 Å². The van der Waals surface area contributed by atoms with Crippen molar-refractivity contribution in [3.8, 4) is 0 Å². The maximum Gasteiger partial charge on any atom is 0.225 e. The number of para-hydroxylation sites is 1. The number of likely N-dealkylation sites (tertiary alicyclic amines) is 1. The molecule has 1 aromatic carbocycles. The largest absolute Gasteiger partial charge is 0.331 e. The van der Waals surface area contributed by atoms with Gasteiger partial charge in [-0.2, -0.15) is 0 Å². The Morgan fingerprint density at radius 1 is 1.10 bits per heavy atom. The first-order valence-corrected chi connectivity index (χ1v) is 10.4. The zero-order valence-corrected chi connectivity index (χ0v) is 16.9. The number of nitrogens with one attached hydrogen (secondary N) is 1. The summed E-state index contributed by atoms with van der Waals surface area (Å²) in [6, 6.07) is 14.8. The Balaban J connectivity index is 1.59. The molecule has 1 unspecified atom stereocenters. The normalized spacial score (nSPS) is 19.2. The molecule has 6 nitrogen and oxygen atoms in total. The third kappa shape index (κ3) is 4.66. The summed E-state index contributed by atoms with van der Waals surface area (Å²) in [6.45, 7) is 2.86. The van der Waals surface area contributed by atoms with Crippen LogP contribution in [0.4, 0.5) is 5.69 Å². The van der Waals surface area contributed by atoms with Crippen LogP contribution in [0.3, 0.4) is 0 Å². The fraction of sp³-hybridized carbons (Fsp3) is 0.292. The van der Waals surface area contributed by atoms with E-state index in [2.05, 4.69) is 15.2 Å². The molecule has 0 spiro atoms. The van der Waals surface area contributed by atoms with Gasteiger partial charge in [0.1, 0.15) is 12.3 Å². The number of allylic oxidation sites excluding steroid dienone is 2. The Bertz CT molecular complexity index is 934. The van der Waals surface area contributed by atoms with Crippen molar-refractivity contribution in [1.82, 2.24) is 15.2 Å². The lowest BCUT2D eigenvalue weighted by Gasteiger charge is -2.33. The monoisotopic (exact) mass is 402 g/mol. The zero-order chi connectivity index (χ0) is 20.8. The summed E-state index contributed by atoms with van der Waals surface area (Å²) in [7, 11) is 0. The number of hydrogen-bond acceptors (Lipinski definition) is 5. The van der Waals surface area contributed by atoms with Crippen LogP contribution in [0.5, 0.6) is 0 Å². The van der Waals surface area contributed by atoms with Crippen LogP contribution < -0.4 is 10.2 Å². The van der Waals surface area contributed by atoms with E-state index in [0.29, 0.717) is 12.1 Å². The molecular formula is C24H26N4O2. The van der Waals surface area contributed by atoms with Crippen LogP contribution in [0.2, 0.25) is 0 Å². The SMILES string of the molecule is O=CC1C(NC(=O)CCN2CCCC2)=CC(c2ccccn2)=CN1c1ccccc1. The van der Waals surface area contributed by atoms with Gasteiger partial charge in [0.15, 0.2) is 0 Å². The van der Waals surface area contributed by atoms with Gasteiger partial charge in [0, 0.05) is 42.3 Å². The zero-order valence-electron chi connectivity index (χ0n) is 16.9. The first kappa shape index (κ1) is 20.0. The van der Waals surface area contributed by atoms with Gasteiger partial charge in [-0.15, -0.1) is 0 Å². The van der Waals surface area contributed by atoms with Crippen LogP contribution in [0.15, 0.2) is 72.7 Å². The van der Waals surface area contributed by atoms with E-state index in [-0.39, 0.29) is 5.91 Å². The molecule has 1 amide bonds. The molecule has 1 N–H and O–H groups in total. The van der Waals surface area contributed by atoms with Crippen LogP contribution in [0.1, 0.15) is 25.0 Å². The molecule has 0 radical (unpaired) electrons. The molecule has 2 aromatic rings. The highest BCUT2D eigenvalue weighted by molar-refractivity contribution is 5.87. The van der Waals surface area contributed by atoms with Crippen LogP contribution in [-0.2, 0) is 9.59 Å². The summed E-state index contributed by atoms with van der Waals surface area (Å²) >= 11 is 0. The predicted molar refractivity (Wildman–Crippen MR) is 118 cm³/mol. The van der Waals surface area contributed by atoms with E-state index in [1.165, 1.54) is 12.8 Å². The fourth-order valence-corrected chi connectivity index (χ4v) is 3.92. The van der Waals surface area contributed by atoms with E-state index >= 15 is 0 Å². The van der Waals surface area contributed by atoms with Gasteiger partial charge in [-0.25, -0.2) is 0 Å². The van der Waals surface area contributed by atoms with Gasteiger partial charge in [0.2, 0.25) is 5.91 Å². The summed E-state index contributed by atoms with van der Waals surface area (Å²) in [4.78, 5) is 33.4. The smallest absolute Gasteiger partial charge is 0.225 e. The Morgan fingerprint density at radius 2 is 1.87 bits per heavy atom. The first-order valence-electron chi connectivity index (χ1n) is 10.4. The molecule has 154 valence electrons. The predicted octanol–water partition coefficient (Wildman–Crippen LogP) is 3.00. The molecule has 2 aliphatic heterocycles. The second-order valence-corrected chi connectivity index (χ2v) is 7.57. The number of benzene rings is 1. The topological polar surface area (TPSA) is 65.5 Å². The second kappa shape index (κ2) is 9.50. The lowest BCUT2D eigenvalue weighted by molar-refractivity contribution is -0.120. The van der Waals surface area contributed by atoms with Crippen molar-refractivity contribution in [2.24, 2.45) is 0 Å². The minimum Gasteiger partial charge on any atom is -0.331 e. The lowest BCUT2D eigenvalue weighted by Crippen LogP contribution is -2.43. The molecule has 1 aromatic heterocycles. The molecule has 4 rings (SSSR count). The van der Waals surface area contributed by atoms with Crippen LogP contribution in [0, 0.1) is 0 Å². The maximum atomic E-state index is 12.7. The minimum absolute atomic E-state index is 0.0738. The quantitative estimate of drug-likeness (QED) is 0.722. The van der Waals surface area contributed by atoms with E-state index in [4.69, 9.17) is 0 Å². The van der Waals surface area contributed by atoms with Crippen molar-refractivity contribution in [3.05, 3.63) is 78.4 Å². The number of amides is 1. The van der Waals surface area contributed by atoms with E-state index in [0.717, 1.165) is 42.9 Å². The summed E-state index contributed by atoms with van der Waals surface area (Å²) in [5, 5.41) is 3.00. The molecule has 1 saturated heterocycles. The molecule has 0 saturated carbocycles. The highest BCUT2D eigenvalue weighted by Gasteiger charge is 2.27. The van der Waals surface area contributed by atoms with Crippen molar-refractivity contribution < 1.29 is 9.59 Å². The van der Waals surface area contributed by atoms with Crippen LogP contribution >= 0.6 is 0 Å². The molecule has 2 aliphatic rings. The van der Waals surface area contributed by atoms with Crippen LogP contribution in [0.25, 0.3) is 5.57 Å². The number of hydrogen-bond donors (Lipinski definition) is 1. The Hall–Kier alpha value is -3.25. The molecule has 0 aliphatic carbocycles. The van der Waals surface area contributed by atoms with Crippen LogP contribution in [-0.4, -0.2) is 47.8 Å². The highest BCUT2D eigenvalue weighted by atomic mass is 16.1. The Labute approximate surface area is 176 Å². The number of aromatic nitrogens is 1. The molecule has 1 fully saturated rings. The van der Waals surface area contributed by atoms with Gasteiger partial charge >= 0.3 is 0 Å². The van der Waals surface area contributed by atoms with E-state index in [1.807, 2.05) is 65.7 Å². The number of rotatable bonds is 7. The summed E-state index contributed by atoms with van der Waals surface area (Å²) in [5.41, 5.74) is 3.07. The Kier molecular flexibility index (Phi) is 6.35. The number of pyridine rings is 1. The van der Waals surface area contributed by atoms with E-state index < -0.39 is 6.04 Å². The third-order valence-electron chi connectivity index (χ3n) is 5.49. The molecular weight excluding hydrogens is 376 g/mol. The standard InChI is InChI=1S/C24H26N4O2/c29-18-23-22(26-24(30)11-15-27-13-6-7-14-27)16-19(21-10-4-5-12-25-21)17-28(23)20-8-2-1-3-9-20/h1-5,8-10,12,16-18,23H,6-7,11,13-15H2,(H,26,30). The number of carbonyl (C=O) groups excluding carboxylic acids is 2. The highest BCUT2D eigenvalue weighted by Crippen LogP contribution is 2.29. The number of nitrogens with zero attached hydrogens (tertiary/aromatic N) is 3.